The van der Waals surface area contributed by atoms with Crippen molar-refractivity contribution in [3.05, 3.63) is 33.4 Å². The molecular weight excluding hydrogens is 453 g/mol. The van der Waals surface area contributed by atoms with Gasteiger partial charge in [0.2, 0.25) is 0 Å². The van der Waals surface area contributed by atoms with Crippen molar-refractivity contribution in [2.45, 2.75) is 119 Å². The maximum absolute atomic E-state index is 2.51. The van der Waals surface area contributed by atoms with Crippen molar-refractivity contribution in [1.29, 1.82) is 0 Å². The minimum Gasteiger partial charge on any atom is -0.102 e. The molecule has 0 saturated heterocycles. The van der Waals surface area contributed by atoms with Crippen LogP contribution in [0.1, 0.15) is 113 Å². The molecule has 0 atom stereocenters. The molecule has 3 heteroatoms. The van der Waals surface area contributed by atoms with Crippen LogP contribution in [-0.2, 0) is 18.5 Å². The van der Waals surface area contributed by atoms with E-state index in [1.54, 1.807) is 33.4 Å². The predicted molar refractivity (Wildman–Crippen MR) is 163 cm³/mol. The molecule has 0 amide bonds. The standard InChI is InChI=1S/C30H57P3/c1-10-16-31(17-11-2)22-28-25(7)29(23-32(18-12-3)19-13-4)27(9)30(26(28)8)24-33(20-14-5)21-15-6/h10-24H2,1-9H3. The second kappa shape index (κ2) is 17.9. The summed E-state index contributed by atoms with van der Waals surface area (Å²) in [6.45, 7) is 21.9. The number of rotatable bonds is 18. The Morgan fingerprint density at radius 2 is 0.545 bits per heavy atom. The van der Waals surface area contributed by atoms with Crippen molar-refractivity contribution in [1.82, 2.24) is 0 Å². The summed E-state index contributed by atoms with van der Waals surface area (Å²) in [4.78, 5) is 0. The van der Waals surface area contributed by atoms with E-state index in [1.165, 1.54) is 94.0 Å². The highest BCUT2D eigenvalue weighted by molar-refractivity contribution is 7.57. The molecular formula is C30H57P3. The molecule has 1 aromatic carbocycles. The molecule has 0 heterocycles. The van der Waals surface area contributed by atoms with Crippen LogP contribution in [0.5, 0.6) is 0 Å². The second-order valence-electron chi connectivity index (χ2n) is 10.1. The predicted octanol–water partition coefficient (Wildman–Crippen LogP) is 11.0. The van der Waals surface area contributed by atoms with Gasteiger partial charge < -0.3 is 0 Å². The Balaban J connectivity index is 3.54. The van der Waals surface area contributed by atoms with Crippen molar-refractivity contribution >= 4 is 23.8 Å². The SMILES string of the molecule is CCCP(CCC)Cc1c(C)c(CP(CCC)CCC)c(C)c(CP(CCC)CCC)c1C. The Labute approximate surface area is 213 Å². The van der Waals surface area contributed by atoms with Crippen molar-refractivity contribution in [2.24, 2.45) is 0 Å². The average Bonchev–Trinajstić information content (AvgIpc) is 2.78. The topological polar surface area (TPSA) is 0 Å². The Morgan fingerprint density at radius 1 is 0.364 bits per heavy atom. The molecule has 0 nitrogen and oxygen atoms in total. The van der Waals surface area contributed by atoms with E-state index in [0.717, 1.165) is 0 Å². The van der Waals surface area contributed by atoms with Gasteiger partial charge in [-0.2, -0.15) is 0 Å². The van der Waals surface area contributed by atoms with Crippen LogP contribution in [0.3, 0.4) is 0 Å². The third kappa shape index (κ3) is 10.2. The van der Waals surface area contributed by atoms with Crippen molar-refractivity contribution in [3.8, 4) is 0 Å². The molecule has 0 unspecified atom stereocenters. The monoisotopic (exact) mass is 510 g/mol. The summed E-state index contributed by atoms with van der Waals surface area (Å²) in [5.74, 6) is 0. The molecule has 0 spiro atoms. The fourth-order valence-corrected chi connectivity index (χ4v) is 13.7. The molecule has 1 aromatic rings. The van der Waals surface area contributed by atoms with Gasteiger partial charge in [-0.3, -0.25) is 0 Å². The number of hydrogen-bond donors (Lipinski definition) is 0. The smallest absolute Gasteiger partial charge is 0.00676 e. The highest BCUT2D eigenvalue weighted by Crippen LogP contribution is 2.49. The zero-order valence-electron chi connectivity index (χ0n) is 23.9. The summed E-state index contributed by atoms with van der Waals surface area (Å²) in [5.41, 5.74) is 10.4. The maximum Gasteiger partial charge on any atom is -0.00676 e. The van der Waals surface area contributed by atoms with Crippen molar-refractivity contribution in [3.63, 3.8) is 0 Å². The minimum atomic E-state index is 0.139. The average molecular weight is 511 g/mol. The van der Waals surface area contributed by atoms with Crippen LogP contribution in [0.15, 0.2) is 0 Å². The molecule has 0 aromatic heterocycles. The van der Waals surface area contributed by atoms with Gasteiger partial charge >= 0.3 is 0 Å². The van der Waals surface area contributed by atoms with Crippen LogP contribution in [0.4, 0.5) is 0 Å². The molecule has 0 aliphatic heterocycles. The first-order valence-electron chi connectivity index (χ1n) is 14.1. The Hall–Kier alpha value is 0.510. The lowest BCUT2D eigenvalue weighted by atomic mass is 9.90. The summed E-state index contributed by atoms with van der Waals surface area (Å²) in [5, 5.41) is 0. The van der Waals surface area contributed by atoms with Gasteiger partial charge in [0.15, 0.2) is 0 Å². The van der Waals surface area contributed by atoms with Crippen molar-refractivity contribution in [2.75, 3.05) is 37.0 Å². The molecule has 1 rings (SSSR count). The van der Waals surface area contributed by atoms with Crippen LogP contribution in [0.25, 0.3) is 0 Å². The van der Waals surface area contributed by atoms with E-state index >= 15 is 0 Å². The summed E-state index contributed by atoms with van der Waals surface area (Å²) < 4.78 is 0. The summed E-state index contributed by atoms with van der Waals surface area (Å²) in [6.07, 6.45) is 21.0. The molecule has 0 bridgehead atoms. The lowest BCUT2D eigenvalue weighted by Gasteiger charge is -2.29. The first kappa shape index (κ1) is 31.5. The molecule has 0 fully saturated rings. The van der Waals surface area contributed by atoms with E-state index in [9.17, 15) is 0 Å². The van der Waals surface area contributed by atoms with Gasteiger partial charge in [0.25, 0.3) is 0 Å². The number of benzene rings is 1. The van der Waals surface area contributed by atoms with Crippen LogP contribution in [0.2, 0.25) is 0 Å². The van der Waals surface area contributed by atoms with E-state index in [2.05, 4.69) is 62.3 Å². The zero-order chi connectivity index (χ0) is 24.8. The van der Waals surface area contributed by atoms with Gasteiger partial charge in [0.1, 0.15) is 0 Å². The molecule has 0 saturated carbocycles. The van der Waals surface area contributed by atoms with Crippen LogP contribution in [-0.4, -0.2) is 37.0 Å². The lowest BCUT2D eigenvalue weighted by Crippen LogP contribution is -2.10. The van der Waals surface area contributed by atoms with E-state index < -0.39 is 0 Å². The van der Waals surface area contributed by atoms with E-state index in [-0.39, 0.29) is 23.8 Å². The van der Waals surface area contributed by atoms with Gasteiger partial charge in [-0.1, -0.05) is 80.1 Å². The van der Waals surface area contributed by atoms with Gasteiger partial charge in [0, 0.05) is 0 Å². The molecule has 33 heavy (non-hydrogen) atoms. The Kier molecular flexibility index (Phi) is 17.1. The fourth-order valence-electron chi connectivity index (χ4n) is 5.48. The molecule has 0 radical (unpaired) electrons. The largest absolute Gasteiger partial charge is 0.102 e. The summed E-state index contributed by atoms with van der Waals surface area (Å²) in [6, 6.07) is 0. The quantitative estimate of drug-likeness (QED) is 0.172. The highest BCUT2D eigenvalue weighted by Gasteiger charge is 2.22. The third-order valence-electron chi connectivity index (χ3n) is 7.10. The molecule has 0 aliphatic rings. The fraction of sp³-hybridized carbons (Fsp3) is 0.800. The Morgan fingerprint density at radius 3 is 0.697 bits per heavy atom. The highest BCUT2D eigenvalue weighted by atomic mass is 31.1. The van der Waals surface area contributed by atoms with Crippen LogP contribution in [0, 0.1) is 20.8 Å². The molecule has 0 N–H and O–H groups in total. The van der Waals surface area contributed by atoms with E-state index in [0.29, 0.717) is 0 Å². The third-order valence-corrected chi connectivity index (χ3v) is 15.9. The van der Waals surface area contributed by atoms with E-state index in [1.807, 2.05) is 0 Å². The van der Waals surface area contributed by atoms with Gasteiger partial charge in [-0.25, -0.2) is 0 Å². The second-order valence-corrected chi connectivity index (χ2v) is 17.8. The zero-order valence-corrected chi connectivity index (χ0v) is 26.6. The van der Waals surface area contributed by atoms with E-state index in [4.69, 9.17) is 0 Å². The number of hydrogen-bond acceptors (Lipinski definition) is 0. The van der Waals surface area contributed by atoms with Crippen LogP contribution < -0.4 is 0 Å². The Bertz CT molecular complexity index is 537. The minimum absolute atomic E-state index is 0.139. The first-order chi connectivity index (χ1) is 15.9. The van der Waals surface area contributed by atoms with Gasteiger partial charge in [-0.05, 0) is 110 Å². The van der Waals surface area contributed by atoms with Crippen molar-refractivity contribution < 1.29 is 0 Å². The van der Waals surface area contributed by atoms with Crippen LogP contribution >= 0.6 is 23.8 Å². The first-order valence-corrected chi connectivity index (χ1v) is 19.8. The van der Waals surface area contributed by atoms with Gasteiger partial charge in [-0.15, -0.1) is 23.8 Å². The van der Waals surface area contributed by atoms with Gasteiger partial charge in [0.05, 0.1) is 0 Å². The lowest BCUT2D eigenvalue weighted by molar-refractivity contribution is 1.02. The molecule has 0 aliphatic carbocycles. The normalized spacial score (nSPS) is 12.0. The molecule has 192 valence electrons. The summed E-state index contributed by atoms with van der Waals surface area (Å²) in [7, 11) is 0.417. The maximum atomic E-state index is 2.51. The summed E-state index contributed by atoms with van der Waals surface area (Å²) >= 11 is 0.